The van der Waals surface area contributed by atoms with Crippen molar-refractivity contribution >= 4 is 5.96 Å². The van der Waals surface area contributed by atoms with Gasteiger partial charge in [0.15, 0.2) is 0 Å². The minimum atomic E-state index is -0.352. The fourth-order valence-corrected chi connectivity index (χ4v) is 0. The van der Waals surface area contributed by atoms with Crippen molar-refractivity contribution in [2.24, 2.45) is 17.4 Å². The van der Waals surface area contributed by atoms with E-state index in [1.54, 1.807) is 0 Å². The SMILES string of the molecule is N=C(N)N(N)N. The molecule has 36 valence electrons. The summed E-state index contributed by atoms with van der Waals surface area (Å²) >= 11 is 0. The Kier molecular flexibility index (Phi) is 1.37. The minimum absolute atomic E-state index is 0.352. The zero-order valence-electron chi connectivity index (χ0n) is 3.18. The van der Waals surface area contributed by atoms with Crippen LogP contribution in [0.15, 0.2) is 0 Å². The number of hydrazine groups is 2. The van der Waals surface area contributed by atoms with Gasteiger partial charge in [-0.1, -0.05) is 0 Å². The van der Waals surface area contributed by atoms with Gasteiger partial charge < -0.3 is 5.73 Å². The van der Waals surface area contributed by atoms with Gasteiger partial charge in [0.05, 0.1) is 0 Å². The Labute approximate surface area is 35.1 Å². The van der Waals surface area contributed by atoms with E-state index >= 15 is 0 Å². The number of rotatable bonds is 0. The van der Waals surface area contributed by atoms with Gasteiger partial charge in [0.25, 0.3) is 0 Å². The lowest BCUT2D eigenvalue weighted by molar-refractivity contribution is 0.456. The minimum Gasteiger partial charge on any atom is -0.368 e. The molecule has 0 unspecified atom stereocenters. The first kappa shape index (κ1) is 5.19. The van der Waals surface area contributed by atoms with E-state index in [1.807, 2.05) is 0 Å². The van der Waals surface area contributed by atoms with E-state index in [1.165, 1.54) is 0 Å². The molecule has 5 heteroatoms. The molecule has 0 bridgehead atoms. The molecule has 7 N–H and O–H groups in total. The van der Waals surface area contributed by atoms with Gasteiger partial charge in [0.1, 0.15) is 0 Å². The Balaban J connectivity index is 3.26. The standard InChI is InChI=1S/CH7N5/c2-1(3)6(4)5/h4-5H2,(H3,2,3). The monoisotopic (exact) mass is 89.1 g/mol. The van der Waals surface area contributed by atoms with Gasteiger partial charge in [-0.15, -0.1) is 0 Å². The molecular weight excluding hydrogens is 82.0 g/mol. The highest BCUT2D eigenvalue weighted by atomic mass is 15.6. The molecule has 0 aliphatic carbocycles. The Hall–Kier alpha value is -0.810. The van der Waals surface area contributed by atoms with Crippen LogP contribution in [0.5, 0.6) is 0 Å². The molecule has 0 aliphatic heterocycles. The number of hydrogen-bond donors (Lipinski definition) is 4. The molecule has 0 amide bonds. The third kappa shape index (κ3) is 1.50. The largest absolute Gasteiger partial charge is 0.368 e. The molecule has 0 spiro atoms. The van der Waals surface area contributed by atoms with Gasteiger partial charge in [-0.25, -0.2) is 16.8 Å². The molecule has 0 aromatic carbocycles. The number of guanidine groups is 1. The Morgan fingerprint density at radius 1 is 1.50 bits per heavy atom. The molecule has 0 saturated heterocycles. The second-order valence-corrected chi connectivity index (χ2v) is 0.793. The number of nitrogens with zero attached hydrogens (tertiary/aromatic N) is 1. The molecule has 0 radical (unpaired) electrons. The van der Waals surface area contributed by atoms with Crippen LogP contribution in [0.25, 0.3) is 0 Å². The van der Waals surface area contributed by atoms with Crippen LogP contribution in [0.3, 0.4) is 0 Å². The van der Waals surface area contributed by atoms with Gasteiger partial charge in [-0.3, -0.25) is 5.41 Å². The summed E-state index contributed by atoms with van der Waals surface area (Å²) in [6.45, 7) is 0. The average molecular weight is 89.1 g/mol. The van der Waals surface area contributed by atoms with Crippen molar-refractivity contribution < 1.29 is 0 Å². The van der Waals surface area contributed by atoms with E-state index in [4.69, 9.17) is 22.8 Å². The highest BCUT2D eigenvalue weighted by Gasteiger charge is 1.84. The van der Waals surface area contributed by atoms with Crippen LogP contribution < -0.4 is 17.4 Å². The normalized spacial score (nSPS) is 7.67. The van der Waals surface area contributed by atoms with Gasteiger partial charge >= 0.3 is 0 Å². The molecule has 0 saturated carbocycles. The summed E-state index contributed by atoms with van der Waals surface area (Å²) in [6.07, 6.45) is 0. The van der Waals surface area contributed by atoms with Crippen LogP contribution in [-0.4, -0.2) is 11.1 Å². The van der Waals surface area contributed by atoms with Crippen LogP contribution in [0.1, 0.15) is 0 Å². The molecule has 6 heavy (non-hydrogen) atoms. The first-order chi connectivity index (χ1) is 2.64. The van der Waals surface area contributed by atoms with E-state index in [-0.39, 0.29) is 5.96 Å². The predicted molar refractivity (Wildman–Crippen MR) is 22.1 cm³/mol. The first-order valence-corrected chi connectivity index (χ1v) is 1.28. The predicted octanol–water partition coefficient (Wildman–Crippen LogP) is -2.07. The molecule has 0 atom stereocenters. The Bertz CT molecular complexity index is 55.0. The maximum Gasteiger partial charge on any atom is 0.218 e. The lowest BCUT2D eigenvalue weighted by Gasteiger charge is -2.04. The topological polar surface area (TPSA) is 105 Å². The lowest BCUT2D eigenvalue weighted by Crippen LogP contribution is -2.47. The fraction of sp³-hybridized carbons (Fsp3) is 0. The van der Waals surface area contributed by atoms with E-state index < -0.39 is 0 Å². The third-order valence-electron chi connectivity index (χ3n) is 0.278. The molecule has 0 rings (SSSR count). The van der Waals surface area contributed by atoms with Crippen molar-refractivity contribution in [3.05, 3.63) is 0 Å². The first-order valence-electron chi connectivity index (χ1n) is 1.28. The Morgan fingerprint density at radius 3 is 1.67 bits per heavy atom. The van der Waals surface area contributed by atoms with E-state index in [9.17, 15) is 0 Å². The Morgan fingerprint density at radius 2 is 1.67 bits per heavy atom. The average Bonchev–Trinajstić information content (AvgIpc) is 1.36. The number of nitrogens with one attached hydrogen (secondary N) is 1. The third-order valence-corrected chi connectivity index (χ3v) is 0.278. The highest BCUT2D eigenvalue weighted by Crippen LogP contribution is 1.48. The second kappa shape index (κ2) is 1.58. The number of nitrogens with two attached hydrogens (primary N) is 3. The molecule has 0 aromatic heterocycles. The quantitative estimate of drug-likeness (QED) is 0.118. The van der Waals surface area contributed by atoms with Gasteiger partial charge in [-0.2, -0.15) is 0 Å². The van der Waals surface area contributed by atoms with Crippen LogP contribution in [0, 0.1) is 5.41 Å². The van der Waals surface area contributed by atoms with Gasteiger partial charge in [0, 0.05) is 0 Å². The van der Waals surface area contributed by atoms with Crippen LogP contribution in [0.2, 0.25) is 0 Å². The van der Waals surface area contributed by atoms with Gasteiger partial charge in [-0.05, 0) is 0 Å². The van der Waals surface area contributed by atoms with Crippen LogP contribution in [0.4, 0.5) is 0 Å². The molecular formula is CH7N5. The zero-order valence-corrected chi connectivity index (χ0v) is 3.18. The summed E-state index contributed by atoms with van der Waals surface area (Å²) < 4.78 is 0. The maximum atomic E-state index is 6.40. The lowest BCUT2D eigenvalue weighted by atomic mass is 11.1. The summed E-state index contributed by atoms with van der Waals surface area (Å²) in [5, 5.41) is 6.93. The fourth-order valence-electron chi connectivity index (χ4n) is 0. The molecule has 0 fully saturated rings. The van der Waals surface area contributed by atoms with Crippen molar-refractivity contribution in [2.45, 2.75) is 0 Å². The summed E-state index contributed by atoms with van der Waals surface area (Å²) in [5.41, 5.74) is 4.69. The van der Waals surface area contributed by atoms with Crippen molar-refractivity contribution in [1.29, 1.82) is 5.41 Å². The zero-order chi connectivity index (χ0) is 5.15. The highest BCUT2D eigenvalue weighted by molar-refractivity contribution is 5.72. The van der Waals surface area contributed by atoms with Crippen molar-refractivity contribution in [3.63, 3.8) is 0 Å². The molecule has 0 aliphatic rings. The van der Waals surface area contributed by atoms with Crippen LogP contribution >= 0.6 is 0 Å². The summed E-state index contributed by atoms with van der Waals surface area (Å²) in [5.74, 6) is 9.04. The summed E-state index contributed by atoms with van der Waals surface area (Å²) in [4.78, 5) is 0. The molecule has 5 nitrogen and oxygen atoms in total. The van der Waals surface area contributed by atoms with Gasteiger partial charge in [0.2, 0.25) is 5.96 Å². The summed E-state index contributed by atoms with van der Waals surface area (Å²) in [7, 11) is 0. The van der Waals surface area contributed by atoms with Crippen LogP contribution in [-0.2, 0) is 0 Å². The van der Waals surface area contributed by atoms with E-state index in [0.29, 0.717) is 5.12 Å². The number of hydrogen-bond acceptors (Lipinski definition) is 3. The van der Waals surface area contributed by atoms with E-state index in [0.717, 1.165) is 0 Å². The van der Waals surface area contributed by atoms with Crippen molar-refractivity contribution in [1.82, 2.24) is 5.12 Å². The van der Waals surface area contributed by atoms with Crippen molar-refractivity contribution in [2.75, 3.05) is 0 Å². The molecule has 0 aromatic rings. The second-order valence-electron chi connectivity index (χ2n) is 0.793. The smallest absolute Gasteiger partial charge is 0.218 e. The maximum absolute atomic E-state index is 6.40. The van der Waals surface area contributed by atoms with Crippen molar-refractivity contribution in [3.8, 4) is 0 Å². The van der Waals surface area contributed by atoms with E-state index in [2.05, 4.69) is 0 Å². The molecule has 0 heterocycles. The summed E-state index contributed by atoms with van der Waals surface area (Å²) in [6, 6.07) is 0.